The molecule has 9 nitrogen and oxygen atoms in total. The molecule has 0 atom stereocenters. The SMILES string of the molecule is CCCn1c(N2CCN(CC)CC2)c(C=C2SC(=S)N(CC(=O)O)C2=O)c(C)c(C#N)c1=O. The summed E-state index contributed by atoms with van der Waals surface area (Å²) in [6.45, 7) is 9.78. The Hall–Kier alpha value is -2.68. The molecule has 1 aromatic heterocycles. The summed E-state index contributed by atoms with van der Waals surface area (Å²) >= 11 is 6.26. The third-order valence-corrected chi connectivity index (χ3v) is 7.23. The van der Waals surface area contributed by atoms with Crippen LogP contribution in [0.15, 0.2) is 9.70 Å². The smallest absolute Gasteiger partial charge is 0.323 e. The van der Waals surface area contributed by atoms with Crippen LogP contribution in [0.1, 0.15) is 37.0 Å². The standard InChI is InChI=1S/C22H27N5O4S2/c1-4-6-26-19(25-9-7-24(5-2)8-10-25)15(14(3)16(12-23)20(26)30)11-17-21(31)27(13-18(28)29)22(32)33-17/h11H,4-10,13H2,1-3H3,(H,28,29). The topological polar surface area (TPSA) is 110 Å². The fraction of sp³-hybridized carbons (Fsp3) is 0.500. The van der Waals surface area contributed by atoms with Crippen LogP contribution in [-0.2, 0) is 16.1 Å². The lowest BCUT2D eigenvalue weighted by Gasteiger charge is -2.37. The van der Waals surface area contributed by atoms with E-state index in [0.717, 1.165) is 36.3 Å². The predicted octanol–water partition coefficient (Wildman–Crippen LogP) is 1.87. The van der Waals surface area contributed by atoms with E-state index in [1.54, 1.807) is 17.6 Å². The zero-order valence-corrected chi connectivity index (χ0v) is 20.6. The third kappa shape index (κ3) is 4.98. The quantitative estimate of drug-likeness (QED) is 0.453. The highest BCUT2D eigenvalue weighted by Crippen LogP contribution is 2.36. The number of anilines is 1. The van der Waals surface area contributed by atoms with Gasteiger partial charge >= 0.3 is 5.97 Å². The van der Waals surface area contributed by atoms with Crippen LogP contribution < -0.4 is 10.5 Å². The normalized spacial score (nSPS) is 18.3. The maximum absolute atomic E-state index is 13.2. The zero-order valence-electron chi connectivity index (χ0n) is 19.0. The first-order valence-electron chi connectivity index (χ1n) is 10.8. The number of nitriles is 1. The molecule has 1 amide bonds. The van der Waals surface area contributed by atoms with Crippen molar-refractivity contribution in [2.24, 2.45) is 0 Å². The summed E-state index contributed by atoms with van der Waals surface area (Å²) in [4.78, 5) is 43.0. The van der Waals surface area contributed by atoms with Crippen LogP contribution in [0.2, 0.25) is 0 Å². The number of nitrogens with zero attached hydrogens (tertiary/aromatic N) is 5. The number of hydrogen-bond donors (Lipinski definition) is 1. The molecule has 0 aliphatic carbocycles. The number of thioether (sulfide) groups is 1. The first kappa shape index (κ1) is 25.0. The van der Waals surface area contributed by atoms with E-state index < -0.39 is 18.4 Å². The van der Waals surface area contributed by atoms with E-state index in [1.165, 1.54) is 0 Å². The van der Waals surface area contributed by atoms with Crippen molar-refractivity contribution in [3.05, 3.63) is 31.9 Å². The van der Waals surface area contributed by atoms with E-state index >= 15 is 0 Å². The Labute approximate surface area is 202 Å². The van der Waals surface area contributed by atoms with Gasteiger partial charge in [-0.15, -0.1) is 0 Å². The van der Waals surface area contributed by atoms with Crippen molar-refractivity contribution < 1.29 is 14.7 Å². The van der Waals surface area contributed by atoms with E-state index in [-0.39, 0.29) is 20.3 Å². The summed E-state index contributed by atoms with van der Waals surface area (Å²) in [7, 11) is 0. The fourth-order valence-electron chi connectivity index (χ4n) is 4.09. The number of thiocarbonyl (C=S) groups is 1. The van der Waals surface area contributed by atoms with Gasteiger partial charge in [0.15, 0.2) is 0 Å². The van der Waals surface area contributed by atoms with E-state index in [2.05, 4.69) is 16.7 Å². The van der Waals surface area contributed by atoms with Gasteiger partial charge in [-0.3, -0.25) is 23.9 Å². The Kier molecular flexibility index (Phi) is 7.94. The first-order chi connectivity index (χ1) is 15.7. The van der Waals surface area contributed by atoms with Gasteiger partial charge in [-0.1, -0.05) is 37.8 Å². The van der Waals surface area contributed by atoms with Crippen LogP contribution in [0.5, 0.6) is 0 Å². The molecule has 0 unspecified atom stereocenters. The Morgan fingerprint density at radius 2 is 1.91 bits per heavy atom. The molecule has 0 spiro atoms. The summed E-state index contributed by atoms with van der Waals surface area (Å²) in [5.74, 6) is -0.945. The monoisotopic (exact) mass is 489 g/mol. The Morgan fingerprint density at radius 1 is 1.24 bits per heavy atom. The van der Waals surface area contributed by atoms with Crippen LogP contribution in [0, 0.1) is 18.3 Å². The second-order valence-corrected chi connectivity index (χ2v) is 9.56. The number of rotatable bonds is 7. The van der Waals surface area contributed by atoms with Crippen LogP contribution in [-0.4, -0.2) is 74.9 Å². The number of aromatic nitrogens is 1. The van der Waals surface area contributed by atoms with Gasteiger partial charge in [0.1, 0.15) is 28.3 Å². The molecular weight excluding hydrogens is 462 g/mol. The molecule has 1 aromatic rings. The van der Waals surface area contributed by atoms with Gasteiger partial charge < -0.3 is 14.9 Å². The average molecular weight is 490 g/mol. The average Bonchev–Trinajstić information content (AvgIpc) is 3.04. The highest BCUT2D eigenvalue weighted by atomic mass is 32.2. The van der Waals surface area contributed by atoms with E-state index in [1.807, 2.05) is 13.0 Å². The molecule has 0 saturated carbocycles. The Bertz CT molecular complexity index is 1110. The van der Waals surface area contributed by atoms with E-state index in [0.29, 0.717) is 43.0 Å². The summed E-state index contributed by atoms with van der Waals surface area (Å²) < 4.78 is 1.81. The largest absolute Gasteiger partial charge is 0.480 e. The number of aliphatic carboxylic acids is 1. The lowest BCUT2D eigenvalue weighted by atomic mass is 10.0. The summed E-state index contributed by atoms with van der Waals surface area (Å²) in [6.07, 6.45) is 2.36. The third-order valence-electron chi connectivity index (χ3n) is 5.86. The summed E-state index contributed by atoms with van der Waals surface area (Å²) in [5, 5.41) is 18.8. The number of hydrogen-bond acceptors (Lipinski definition) is 8. The van der Waals surface area contributed by atoms with Crippen LogP contribution >= 0.6 is 24.0 Å². The molecule has 33 heavy (non-hydrogen) atoms. The highest BCUT2D eigenvalue weighted by Gasteiger charge is 2.34. The number of likely N-dealkylation sites (N-methyl/N-ethyl adjacent to an activating group) is 1. The lowest BCUT2D eigenvalue weighted by molar-refractivity contribution is -0.140. The molecule has 2 aliphatic heterocycles. The molecule has 2 aliphatic rings. The highest BCUT2D eigenvalue weighted by molar-refractivity contribution is 8.26. The number of pyridine rings is 1. The molecule has 176 valence electrons. The van der Waals surface area contributed by atoms with Crippen molar-refractivity contribution >= 4 is 52.1 Å². The molecule has 1 N–H and O–H groups in total. The van der Waals surface area contributed by atoms with Crippen molar-refractivity contribution in [3.8, 4) is 6.07 Å². The van der Waals surface area contributed by atoms with Gasteiger partial charge in [-0.05, 0) is 31.5 Å². The van der Waals surface area contributed by atoms with Crippen LogP contribution in [0.25, 0.3) is 6.08 Å². The molecule has 11 heteroatoms. The predicted molar refractivity (Wildman–Crippen MR) is 132 cm³/mol. The van der Waals surface area contributed by atoms with Gasteiger partial charge in [0.2, 0.25) is 0 Å². The van der Waals surface area contributed by atoms with Gasteiger partial charge in [0.05, 0.1) is 4.91 Å². The number of carbonyl (C=O) groups is 2. The molecular formula is C22H27N5O4S2. The molecule has 0 aromatic carbocycles. The summed E-state index contributed by atoms with van der Waals surface area (Å²) in [6, 6.07) is 2.03. The maximum Gasteiger partial charge on any atom is 0.323 e. The van der Waals surface area contributed by atoms with Gasteiger partial charge in [0.25, 0.3) is 11.5 Å². The number of piperazine rings is 1. The molecule has 0 radical (unpaired) electrons. The number of carboxylic acids is 1. The second-order valence-electron chi connectivity index (χ2n) is 7.89. The van der Waals surface area contributed by atoms with E-state index in [4.69, 9.17) is 17.3 Å². The van der Waals surface area contributed by atoms with Crippen molar-refractivity contribution in [3.63, 3.8) is 0 Å². The summed E-state index contributed by atoms with van der Waals surface area (Å²) in [5.41, 5.74) is 0.846. The second kappa shape index (κ2) is 10.5. The lowest BCUT2D eigenvalue weighted by Crippen LogP contribution is -2.48. The van der Waals surface area contributed by atoms with Gasteiger partial charge in [-0.25, -0.2) is 0 Å². The van der Waals surface area contributed by atoms with Crippen molar-refractivity contribution in [1.82, 2.24) is 14.4 Å². The number of amides is 1. The molecule has 3 heterocycles. The molecule has 2 saturated heterocycles. The number of carbonyl (C=O) groups excluding carboxylic acids is 1. The van der Waals surface area contributed by atoms with Gasteiger partial charge in [-0.2, -0.15) is 5.26 Å². The minimum absolute atomic E-state index is 0.0478. The zero-order chi connectivity index (χ0) is 24.3. The Balaban J connectivity index is 2.19. The minimum Gasteiger partial charge on any atom is -0.480 e. The fourth-order valence-corrected chi connectivity index (χ4v) is 5.33. The van der Waals surface area contributed by atoms with Crippen molar-refractivity contribution in [2.45, 2.75) is 33.7 Å². The Morgan fingerprint density at radius 3 is 2.45 bits per heavy atom. The van der Waals surface area contributed by atoms with E-state index in [9.17, 15) is 19.6 Å². The minimum atomic E-state index is -1.15. The van der Waals surface area contributed by atoms with Crippen molar-refractivity contribution in [2.75, 3.05) is 44.2 Å². The molecule has 2 fully saturated rings. The number of carboxylic acid groups (broad SMARTS) is 1. The maximum atomic E-state index is 13.2. The van der Waals surface area contributed by atoms with Crippen molar-refractivity contribution in [1.29, 1.82) is 5.26 Å². The molecule has 3 rings (SSSR count). The first-order valence-corrected chi connectivity index (χ1v) is 12.1. The van der Waals surface area contributed by atoms with Crippen LogP contribution in [0.4, 0.5) is 5.82 Å². The van der Waals surface area contributed by atoms with Crippen LogP contribution in [0.3, 0.4) is 0 Å². The molecule has 0 bridgehead atoms. The van der Waals surface area contributed by atoms with Gasteiger partial charge in [0, 0.05) is 38.3 Å².